The summed E-state index contributed by atoms with van der Waals surface area (Å²) in [7, 11) is 0. The Hall–Kier alpha value is -8.50. The summed E-state index contributed by atoms with van der Waals surface area (Å²) in [5, 5.41) is 7.43. The van der Waals surface area contributed by atoms with Crippen molar-refractivity contribution in [2.75, 3.05) is 4.90 Å². The van der Waals surface area contributed by atoms with Crippen LogP contribution in [0, 0.1) is 0 Å². The Kier molecular flexibility index (Phi) is 8.71. The number of aromatic nitrogens is 1. The first-order valence-electron chi connectivity index (χ1n) is 23.4. The zero-order chi connectivity index (χ0) is 44.8. The first-order chi connectivity index (χ1) is 33.7. The van der Waals surface area contributed by atoms with Crippen molar-refractivity contribution in [2.45, 2.75) is 5.41 Å². The molecule has 0 saturated heterocycles. The Morgan fingerprint density at radius 1 is 0.382 bits per heavy atom. The third-order valence-electron chi connectivity index (χ3n) is 14.4. The first-order valence-corrected chi connectivity index (χ1v) is 24.2. The van der Waals surface area contributed by atoms with E-state index in [1.165, 1.54) is 97.3 Å². The van der Waals surface area contributed by atoms with Crippen LogP contribution in [0.4, 0.5) is 17.1 Å². The van der Waals surface area contributed by atoms with Gasteiger partial charge >= 0.3 is 0 Å². The molecule has 68 heavy (non-hydrogen) atoms. The SMILES string of the molecule is c1ccc(-c2ccc3sc4c(ccc5c6cc(N(c7ccc8c(c7)C(c7ccccc7)(c7ccccc7)c7ccccc7-8)c7cccc8ccccc78)ccc6n(-c6ccccc6)c54)c3c2)cc1. The van der Waals surface area contributed by atoms with Crippen LogP contribution < -0.4 is 4.90 Å². The highest BCUT2D eigenvalue weighted by molar-refractivity contribution is 7.26. The lowest BCUT2D eigenvalue weighted by atomic mass is 9.67. The number of anilines is 3. The molecule has 2 nitrogen and oxygen atoms in total. The molecule has 2 aromatic heterocycles. The molecule has 13 aromatic rings. The van der Waals surface area contributed by atoms with E-state index < -0.39 is 5.41 Å². The van der Waals surface area contributed by atoms with Gasteiger partial charge in [-0.1, -0.05) is 194 Å². The summed E-state index contributed by atoms with van der Waals surface area (Å²) in [5.74, 6) is 0. The van der Waals surface area contributed by atoms with Crippen LogP contribution in [-0.2, 0) is 5.41 Å². The summed E-state index contributed by atoms with van der Waals surface area (Å²) in [6, 6.07) is 94.3. The number of hydrogen-bond acceptors (Lipinski definition) is 2. The van der Waals surface area contributed by atoms with Crippen molar-refractivity contribution in [3.8, 4) is 27.9 Å². The third-order valence-corrected chi connectivity index (χ3v) is 15.6. The van der Waals surface area contributed by atoms with Gasteiger partial charge in [0.05, 0.1) is 26.8 Å². The lowest BCUT2D eigenvalue weighted by Crippen LogP contribution is -2.28. The second-order valence-corrected chi connectivity index (χ2v) is 19.0. The van der Waals surface area contributed by atoms with E-state index in [4.69, 9.17) is 0 Å². The molecule has 0 unspecified atom stereocenters. The lowest BCUT2D eigenvalue weighted by Gasteiger charge is -2.35. The van der Waals surface area contributed by atoms with Gasteiger partial charge in [-0.2, -0.15) is 0 Å². The lowest BCUT2D eigenvalue weighted by molar-refractivity contribution is 0.768. The Labute approximate surface area is 398 Å². The third kappa shape index (κ3) is 5.70. The quantitative estimate of drug-likeness (QED) is 0.155. The predicted octanol–water partition coefficient (Wildman–Crippen LogP) is 17.8. The topological polar surface area (TPSA) is 8.17 Å². The van der Waals surface area contributed by atoms with Gasteiger partial charge in [0.25, 0.3) is 0 Å². The molecule has 0 radical (unpaired) electrons. The molecule has 0 N–H and O–H groups in total. The average molecular weight is 883 g/mol. The summed E-state index contributed by atoms with van der Waals surface area (Å²) in [6.45, 7) is 0. The van der Waals surface area contributed by atoms with Crippen molar-refractivity contribution < 1.29 is 0 Å². The van der Waals surface area contributed by atoms with Crippen LogP contribution in [0.1, 0.15) is 22.3 Å². The van der Waals surface area contributed by atoms with E-state index in [0.29, 0.717) is 0 Å². The van der Waals surface area contributed by atoms with Gasteiger partial charge < -0.3 is 9.47 Å². The number of thiophene rings is 1. The fourth-order valence-electron chi connectivity index (χ4n) is 11.5. The Morgan fingerprint density at radius 2 is 1.01 bits per heavy atom. The molecule has 1 aliphatic rings. The summed E-state index contributed by atoms with van der Waals surface area (Å²) >= 11 is 1.90. The maximum Gasteiger partial charge on any atom is 0.0719 e. The Morgan fingerprint density at radius 3 is 1.81 bits per heavy atom. The second kappa shape index (κ2) is 15.3. The summed E-state index contributed by atoms with van der Waals surface area (Å²) in [4.78, 5) is 2.50. The van der Waals surface area contributed by atoms with Gasteiger partial charge in [-0.3, -0.25) is 0 Å². The minimum Gasteiger partial charge on any atom is -0.310 e. The molecule has 0 spiro atoms. The minimum absolute atomic E-state index is 0.528. The Balaban J connectivity index is 1.04. The van der Waals surface area contributed by atoms with Crippen LogP contribution in [-0.4, -0.2) is 4.57 Å². The average Bonchev–Trinajstić information content (AvgIpc) is 4.06. The fourth-order valence-corrected chi connectivity index (χ4v) is 12.7. The standard InChI is InChI=1S/C65H42N2S/c1-5-18-43(19-6-1)45-32-39-62-57(40-45)55-37-36-54-56-41-49(34-38-61(56)67(63(54)64(55)68-62)48-26-11-4-12-27-48)66(60-31-17-21-44-20-13-14-28-51(44)60)50-33-35-53-52-29-15-16-30-58(52)65(59(53)42-50,46-22-7-2-8-23-46)47-24-9-3-10-25-47/h1-42H. The van der Waals surface area contributed by atoms with Crippen LogP contribution in [0.25, 0.3) is 80.7 Å². The number of fused-ring (bicyclic) bond motifs is 11. The molecule has 11 aromatic carbocycles. The van der Waals surface area contributed by atoms with Crippen LogP contribution in [0.2, 0.25) is 0 Å². The number of benzene rings is 11. The van der Waals surface area contributed by atoms with Gasteiger partial charge in [0.15, 0.2) is 0 Å². The van der Waals surface area contributed by atoms with Crippen LogP contribution in [0.5, 0.6) is 0 Å². The van der Waals surface area contributed by atoms with Gasteiger partial charge in [0, 0.05) is 48.7 Å². The normalized spacial score (nSPS) is 12.8. The zero-order valence-corrected chi connectivity index (χ0v) is 37.9. The van der Waals surface area contributed by atoms with Crippen LogP contribution in [0.15, 0.2) is 255 Å². The summed E-state index contributed by atoms with van der Waals surface area (Å²) < 4.78 is 5.08. The largest absolute Gasteiger partial charge is 0.310 e. The maximum atomic E-state index is 2.50. The zero-order valence-electron chi connectivity index (χ0n) is 37.1. The minimum atomic E-state index is -0.528. The van der Waals surface area contributed by atoms with E-state index in [1.807, 2.05) is 11.3 Å². The van der Waals surface area contributed by atoms with Crippen molar-refractivity contribution in [3.63, 3.8) is 0 Å². The summed E-state index contributed by atoms with van der Waals surface area (Å²) in [5.41, 5.74) is 16.5. The highest BCUT2D eigenvalue weighted by atomic mass is 32.1. The molecule has 0 saturated carbocycles. The van der Waals surface area contributed by atoms with E-state index in [-0.39, 0.29) is 0 Å². The van der Waals surface area contributed by atoms with Gasteiger partial charge in [-0.15, -0.1) is 11.3 Å². The molecule has 0 fully saturated rings. The molecular formula is C65H42N2S. The number of hydrogen-bond donors (Lipinski definition) is 0. The van der Waals surface area contributed by atoms with Crippen molar-refractivity contribution in [1.29, 1.82) is 0 Å². The van der Waals surface area contributed by atoms with Gasteiger partial charge in [-0.05, 0) is 111 Å². The van der Waals surface area contributed by atoms with Gasteiger partial charge in [0.2, 0.25) is 0 Å². The van der Waals surface area contributed by atoms with Crippen molar-refractivity contribution >= 4 is 81.1 Å². The van der Waals surface area contributed by atoms with E-state index in [9.17, 15) is 0 Å². The number of para-hydroxylation sites is 1. The van der Waals surface area contributed by atoms with Crippen molar-refractivity contribution in [1.82, 2.24) is 4.57 Å². The van der Waals surface area contributed by atoms with Crippen molar-refractivity contribution in [2.24, 2.45) is 0 Å². The first kappa shape index (κ1) is 38.7. The molecule has 0 aliphatic heterocycles. The predicted molar refractivity (Wildman–Crippen MR) is 289 cm³/mol. The highest BCUT2D eigenvalue weighted by Crippen LogP contribution is 2.57. The van der Waals surface area contributed by atoms with E-state index >= 15 is 0 Å². The smallest absolute Gasteiger partial charge is 0.0719 e. The highest BCUT2D eigenvalue weighted by Gasteiger charge is 2.46. The molecule has 3 heteroatoms. The molecule has 1 aliphatic carbocycles. The molecule has 318 valence electrons. The number of nitrogens with zero attached hydrogens (tertiary/aromatic N) is 2. The molecule has 0 amide bonds. The fraction of sp³-hybridized carbons (Fsp3) is 0.0154. The maximum absolute atomic E-state index is 2.50. The molecule has 0 atom stereocenters. The molecule has 14 rings (SSSR count). The van der Waals surface area contributed by atoms with Gasteiger partial charge in [0.1, 0.15) is 0 Å². The van der Waals surface area contributed by atoms with E-state index in [1.54, 1.807) is 0 Å². The number of rotatable bonds is 7. The van der Waals surface area contributed by atoms with Crippen molar-refractivity contribution in [3.05, 3.63) is 277 Å². The summed E-state index contributed by atoms with van der Waals surface area (Å²) in [6.07, 6.45) is 0. The molecule has 0 bridgehead atoms. The molecule has 2 heterocycles. The second-order valence-electron chi connectivity index (χ2n) is 18.0. The van der Waals surface area contributed by atoms with E-state index in [2.05, 4.69) is 264 Å². The van der Waals surface area contributed by atoms with Gasteiger partial charge in [-0.25, -0.2) is 0 Å². The molecular weight excluding hydrogens is 841 g/mol. The van der Waals surface area contributed by atoms with Crippen LogP contribution >= 0.6 is 11.3 Å². The Bertz CT molecular complexity index is 4030. The van der Waals surface area contributed by atoms with E-state index in [0.717, 1.165) is 22.7 Å². The monoisotopic (exact) mass is 882 g/mol. The van der Waals surface area contributed by atoms with Crippen LogP contribution in [0.3, 0.4) is 0 Å².